The molecule has 210 valence electrons. The molecule has 3 atom stereocenters. The van der Waals surface area contributed by atoms with Crippen molar-refractivity contribution in [2.75, 3.05) is 11.9 Å². The molecule has 1 aromatic rings. The first kappa shape index (κ1) is 31.0. The Morgan fingerprint density at radius 2 is 1.70 bits per heavy atom. The Balaban J connectivity index is 1.49. The van der Waals surface area contributed by atoms with Crippen LogP contribution < -0.4 is 11.0 Å². The number of carbonyl (C=O) groups is 1. The first-order valence-electron chi connectivity index (χ1n) is 14.1. The molecule has 1 aliphatic heterocycles. The molecule has 0 aliphatic carbocycles. The Bertz CT molecular complexity index is 866. The molecule has 1 aliphatic rings. The van der Waals surface area contributed by atoms with Crippen molar-refractivity contribution in [3.63, 3.8) is 0 Å². The van der Waals surface area contributed by atoms with Gasteiger partial charge in [0.25, 0.3) is 0 Å². The topological polar surface area (TPSA) is 103 Å². The van der Waals surface area contributed by atoms with Crippen molar-refractivity contribution in [1.82, 2.24) is 9.55 Å². The fourth-order valence-electron chi connectivity index (χ4n) is 4.36. The molecule has 1 saturated heterocycles. The van der Waals surface area contributed by atoms with E-state index in [1.54, 1.807) is 6.92 Å². The number of nitrogens with zero attached hydrogens (tertiary/aromatic N) is 2. The van der Waals surface area contributed by atoms with Crippen LogP contribution >= 0.6 is 0 Å². The summed E-state index contributed by atoms with van der Waals surface area (Å²) in [4.78, 5) is 27.8. The minimum Gasteiger partial charge on any atom is -0.449 e. The standard InChI is InChI=1S/C28H46FN3O5/c1-3-4-5-6-7-8-9-10-11-12-13-14-15-16-17-18-19-36-28(35)31-26-23(29)21-32(27(34)30-26)25-20-24(33)22(2)37-25/h10-11,21-22,24-25,33H,3-9,12-20H2,1-2H3,(H,30,31,34,35). The largest absolute Gasteiger partial charge is 0.449 e. The van der Waals surface area contributed by atoms with E-state index < -0.39 is 41.9 Å². The Kier molecular flexibility index (Phi) is 15.1. The summed E-state index contributed by atoms with van der Waals surface area (Å²) in [5.74, 6) is -1.37. The van der Waals surface area contributed by atoms with Crippen molar-refractivity contribution in [3.05, 3.63) is 34.7 Å². The zero-order chi connectivity index (χ0) is 26.9. The maximum Gasteiger partial charge on any atom is 0.412 e. The molecule has 0 bridgehead atoms. The van der Waals surface area contributed by atoms with Crippen molar-refractivity contribution in [2.45, 2.75) is 129 Å². The quantitative estimate of drug-likeness (QED) is 0.165. The molecule has 2 heterocycles. The summed E-state index contributed by atoms with van der Waals surface area (Å²) in [7, 11) is 0. The lowest BCUT2D eigenvalue weighted by atomic mass is 10.1. The predicted octanol–water partition coefficient (Wildman–Crippen LogP) is 6.64. The van der Waals surface area contributed by atoms with Crippen LogP contribution in [0.3, 0.4) is 0 Å². The van der Waals surface area contributed by atoms with Crippen LogP contribution in [0.5, 0.6) is 0 Å². The number of amides is 1. The second kappa shape index (κ2) is 18.1. The number of aliphatic hydroxyl groups is 1. The first-order chi connectivity index (χ1) is 17.9. The molecule has 8 nitrogen and oxygen atoms in total. The van der Waals surface area contributed by atoms with Gasteiger partial charge in [0.05, 0.1) is 25.0 Å². The van der Waals surface area contributed by atoms with E-state index >= 15 is 0 Å². The van der Waals surface area contributed by atoms with Gasteiger partial charge in [0.15, 0.2) is 11.6 Å². The molecule has 1 fully saturated rings. The molecule has 2 rings (SSSR count). The van der Waals surface area contributed by atoms with Crippen LogP contribution in [0, 0.1) is 5.82 Å². The fourth-order valence-corrected chi connectivity index (χ4v) is 4.36. The summed E-state index contributed by atoms with van der Waals surface area (Å²) in [5, 5.41) is 12.0. The summed E-state index contributed by atoms with van der Waals surface area (Å²) in [6, 6.07) is 0. The molecule has 1 amide bonds. The van der Waals surface area contributed by atoms with Crippen LogP contribution in [-0.4, -0.2) is 39.6 Å². The molecule has 0 spiro atoms. The third-order valence-electron chi connectivity index (χ3n) is 6.68. The Morgan fingerprint density at radius 3 is 2.30 bits per heavy atom. The maximum atomic E-state index is 14.4. The Labute approximate surface area is 220 Å². The lowest BCUT2D eigenvalue weighted by Gasteiger charge is -2.14. The minimum absolute atomic E-state index is 0.160. The lowest BCUT2D eigenvalue weighted by Crippen LogP contribution is -2.29. The summed E-state index contributed by atoms with van der Waals surface area (Å²) >= 11 is 0. The Hall–Kier alpha value is -2.26. The summed E-state index contributed by atoms with van der Waals surface area (Å²) in [6.45, 7) is 4.14. The van der Waals surface area contributed by atoms with Gasteiger partial charge in [-0.2, -0.15) is 4.98 Å². The van der Waals surface area contributed by atoms with Crippen molar-refractivity contribution >= 4 is 11.9 Å². The number of anilines is 1. The van der Waals surface area contributed by atoms with E-state index in [0.717, 1.165) is 42.9 Å². The van der Waals surface area contributed by atoms with Crippen molar-refractivity contribution in [1.29, 1.82) is 0 Å². The van der Waals surface area contributed by atoms with Crippen LogP contribution in [0.1, 0.15) is 116 Å². The van der Waals surface area contributed by atoms with E-state index in [9.17, 15) is 19.1 Å². The number of carbonyl (C=O) groups excluding carboxylic acids is 1. The minimum atomic E-state index is -0.883. The number of ether oxygens (including phenoxy) is 2. The number of rotatable bonds is 18. The third kappa shape index (κ3) is 12.2. The van der Waals surface area contributed by atoms with Gasteiger partial charge in [-0.1, -0.05) is 76.9 Å². The van der Waals surface area contributed by atoms with Crippen molar-refractivity contribution in [2.24, 2.45) is 0 Å². The van der Waals surface area contributed by atoms with Gasteiger partial charge >= 0.3 is 11.8 Å². The van der Waals surface area contributed by atoms with Crippen LogP contribution in [0.15, 0.2) is 23.1 Å². The van der Waals surface area contributed by atoms with Crippen LogP contribution in [0.25, 0.3) is 0 Å². The normalized spacial score (nSPS) is 19.5. The van der Waals surface area contributed by atoms with Gasteiger partial charge in [-0.3, -0.25) is 9.88 Å². The number of hydrogen-bond acceptors (Lipinski definition) is 6. The summed E-state index contributed by atoms with van der Waals surface area (Å²) in [6.07, 6.45) is 19.6. The molecule has 9 heteroatoms. The van der Waals surface area contributed by atoms with Gasteiger partial charge in [0.2, 0.25) is 0 Å². The number of nitrogens with one attached hydrogen (secondary N) is 1. The Morgan fingerprint density at radius 1 is 1.11 bits per heavy atom. The molecule has 0 saturated carbocycles. The number of aliphatic hydroxyl groups excluding tert-OH is 1. The van der Waals surface area contributed by atoms with E-state index in [4.69, 9.17) is 9.47 Å². The zero-order valence-corrected chi connectivity index (χ0v) is 22.6. The second-order valence-electron chi connectivity index (χ2n) is 9.92. The van der Waals surface area contributed by atoms with Gasteiger partial charge in [-0.25, -0.2) is 14.0 Å². The predicted molar refractivity (Wildman–Crippen MR) is 143 cm³/mol. The van der Waals surface area contributed by atoms with E-state index in [0.29, 0.717) is 0 Å². The van der Waals surface area contributed by atoms with Crippen LogP contribution in [0.4, 0.5) is 15.0 Å². The van der Waals surface area contributed by atoms with E-state index in [1.807, 2.05) is 0 Å². The van der Waals surface area contributed by atoms with Crippen LogP contribution in [0.2, 0.25) is 0 Å². The third-order valence-corrected chi connectivity index (χ3v) is 6.68. The molecule has 0 aromatic carbocycles. The van der Waals surface area contributed by atoms with Crippen molar-refractivity contribution in [3.8, 4) is 0 Å². The second-order valence-corrected chi connectivity index (χ2v) is 9.92. The average Bonchev–Trinajstić information content (AvgIpc) is 3.20. The van der Waals surface area contributed by atoms with Gasteiger partial charge in [0, 0.05) is 6.42 Å². The highest BCUT2D eigenvalue weighted by Crippen LogP contribution is 2.27. The molecule has 37 heavy (non-hydrogen) atoms. The highest BCUT2D eigenvalue weighted by Gasteiger charge is 2.33. The monoisotopic (exact) mass is 523 g/mol. The summed E-state index contributed by atoms with van der Waals surface area (Å²) in [5.41, 5.74) is -0.781. The molecule has 2 N–H and O–H groups in total. The van der Waals surface area contributed by atoms with Crippen LogP contribution in [-0.2, 0) is 9.47 Å². The lowest BCUT2D eigenvalue weighted by molar-refractivity contribution is -0.0104. The fraction of sp³-hybridized carbons (Fsp3) is 0.750. The first-order valence-corrected chi connectivity index (χ1v) is 14.1. The number of unbranched alkanes of at least 4 members (excludes halogenated alkanes) is 12. The van der Waals surface area contributed by atoms with Gasteiger partial charge in [-0.15, -0.1) is 0 Å². The van der Waals surface area contributed by atoms with Gasteiger partial charge in [-0.05, 0) is 39.0 Å². The van der Waals surface area contributed by atoms with Gasteiger partial charge < -0.3 is 14.6 Å². The molecular weight excluding hydrogens is 477 g/mol. The SMILES string of the molecule is CCCCCCCCC=CCCCCCCCCOC(=O)Nc1nc(=O)n(C2CC(O)C(C)O2)cc1F. The van der Waals surface area contributed by atoms with Gasteiger partial charge in [0.1, 0.15) is 6.23 Å². The molecule has 3 unspecified atom stereocenters. The highest BCUT2D eigenvalue weighted by molar-refractivity contribution is 5.83. The number of hydrogen-bond donors (Lipinski definition) is 2. The smallest absolute Gasteiger partial charge is 0.412 e. The maximum absolute atomic E-state index is 14.4. The average molecular weight is 524 g/mol. The summed E-state index contributed by atoms with van der Waals surface area (Å²) < 4.78 is 25.9. The van der Waals surface area contributed by atoms with E-state index in [-0.39, 0.29) is 13.0 Å². The molecule has 0 radical (unpaired) electrons. The number of aromatic nitrogens is 2. The van der Waals surface area contributed by atoms with Crippen molar-refractivity contribution < 1.29 is 23.8 Å². The number of allylic oxidation sites excluding steroid dienone is 2. The van der Waals surface area contributed by atoms with E-state index in [2.05, 4.69) is 29.4 Å². The molecular formula is C28H46FN3O5. The highest BCUT2D eigenvalue weighted by atomic mass is 19.1. The van der Waals surface area contributed by atoms with E-state index in [1.165, 1.54) is 57.8 Å². The zero-order valence-electron chi connectivity index (χ0n) is 22.6. The molecule has 1 aromatic heterocycles. The number of halogens is 1.